The minimum atomic E-state index is 0.0202. The number of rotatable bonds is 2. The summed E-state index contributed by atoms with van der Waals surface area (Å²) in [5.41, 5.74) is 7.61. The molecule has 0 radical (unpaired) electrons. The zero-order valence-corrected chi connectivity index (χ0v) is 28.0. The molecule has 0 saturated carbocycles. The van der Waals surface area contributed by atoms with Crippen molar-refractivity contribution in [1.82, 2.24) is 8.97 Å². The Morgan fingerprint density at radius 3 is 1.50 bits per heavy atom. The maximum absolute atomic E-state index is 14.4. The SMILES string of the molecule is O=c1c2ccccc2c2cccc3c4ccc(-c5cc(-n6c7ccccc7c7ccccc76)cc6c7ccccc7c7ccccc7c56)cc4n1c23. The number of hydrogen-bond donors (Lipinski definition) is 0. The molecule has 0 bridgehead atoms. The molecule has 0 aliphatic rings. The number of pyridine rings is 1. The van der Waals surface area contributed by atoms with Crippen molar-refractivity contribution in [3.8, 4) is 16.8 Å². The van der Waals surface area contributed by atoms with E-state index in [2.05, 4.69) is 156 Å². The molecule has 3 aromatic heterocycles. The number of para-hydroxylation sites is 3. The smallest absolute Gasteiger partial charge is 0.263 e. The molecule has 240 valence electrons. The van der Waals surface area contributed by atoms with Crippen molar-refractivity contribution in [2.45, 2.75) is 0 Å². The highest BCUT2D eigenvalue weighted by molar-refractivity contribution is 6.29. The van der Waals surface area contributed by atoms with E-state index in [1.807, 2.05) is 22.6 Å². The van der Waals surface area contributed by atoms with E-state index >= 15 is 0 Å². The van der Waals surface area contributed by atoms with Gasteiger partial charge in [-0.1, -0.05) is 133 Å². The first kappa shape index (κ1) is 27.8. The Balaban J connectivity index is 1.28. The van der Waals surface area contributed by atoms with Crippen LogP contribution < -0.4 is 5.56 Å². The van der Waals surface area contributed by atoms with Crippen LogP contribution >= 0.6 is 0 Å². The molecule has 3 heteroatoms. The van der Waals surface area contributed by atoms with Crippen molar-refractivity contribution in [3.63, 3.8) is 0 Å². The van der Waals surface area contributed by atoms with E-state index in [9.17, 15) is 4.79 Å². The summed E-state index contributed by atoms with van der Waals surface area (Å²) in [5, 5.41) is 14.8. The monoisotopic (exact) mass is 660 g/mol. The fraction of sp³-hybridized carbons (Fsp3) is 0. The first-order chi connectivity index (χ1) is 25.7. The molecule has 3 nitrogen and oxygen atoms in total. The highest BCUT2D eigenvalue weighted by Gasteiger charge is 2.21. The van der Waals surface area contributed by atoms with Crippen LogP contribution in [0.1, 0.15) is 0 Å². The van der Waals surface area contributed by atoms with Gasteiger partial charge in [0.25, 0.3) is 5.56 Å². The van der Waals surface area contributed by atoms with Gasteiger partial charge in [0.05, 0.1) is 22.1 Å². The van der Waals surface area contributed by atoms with Gasteiger partial charge < -0.3 is 4.57 Å². The molecule has 0 aliphatic carbocycles. The topological polar surface area (TPSA) is 26.4 Å². The van der Waals surface area contributed by atoms with Crippen molar-refractivity contribution in [2.24, 2.45) is 0 Å². The molecular weight excluding hydrogens is 633 g/mol. The van der Waals surface area contributed by atoms with Crippen LogP contribution in [0.25, 0.3) is 109 Å². The van der Waals surface area contributed by atoms with Crippen LogP contribution in [-0.4, -0.2) is 8.97 Å². The zero-order chi connectivity index (χ0) is 34.1. The molecule has 0 saturated heterocycles. The molecule has 0 unspecified atom stereocenters. The van der Waals surface area contributed by atoms with Crippen LogP contribution in [-0.2, 0) is 0 Å². The molecular formula is C49H28N2O. The third-order valence-electron chi connectivity index (χ3n) is 11.4. The van der Waals surface area contributed by atoms with Crippen LogP contribution in [0.3, 0.4) is 0 Å². The largest absolute Gasteiger partial charge is 0.309 e. The summed E-state index contributed by atoms with van der Waals surface area (Å²) >= 11 is 0. The van der Waals surface area contributed by atoms with E-state index in [1.54, 1.807) is 0 Å². The van der Waals surface area contributed by atoms with Gasteiger partial charge >= 0.3 is 0 Å². The average Bonchev–Trinajstić information content (AvgIpc) is 3.73. The van der Waals surface area contributed by atoms with Gasteiger partial charge in [0.1, 0.15) is 0 Å². The molecule has 0 fully saturated rings. The minimum absolute atomic E-state index is 0.0202. The van der Waals surface area contributed by atoms with Gasteiger partial charge in [-0.15, -0.1) is 0 Å². The van der Waals surface area contributed by atoms with E-state index in [0.717, 1.165) is 54.8 Å². The Kier molecular flexibility index (Phi) is 5.38. The van der Waals surface area contributed by atoms with Crippen molar-refractivity contribution >= 4 is 92.1 Å². The second-order valence-electron chi connectivity index (χ2n) is 14.0. The lowest BCUT2D eigenvalue weighted by Crippen LogP contribution is -2.12. The summed E-state index contributed by atoms with van der Waals surface area (Å²) in [7, 11) is 0. The van der Waals surface area contributed by atoms with E-state index in [1.165, 1.54) is 54.1 Å². The summed E-state index contributed by atoms with van der Waals surface area (Å²) in [6.07, 6.45) is 0. The average molecular weight is 661 g/mol. The van der Waals surface area contributed by atoms with Crippen molar-refractivity contribution in [2.75, 3.05) is 0 Å². The first-order valence-corrected chi connectivity index (χ1v) is 17.8. The van der Waals surface area contributed by atoms with Crippen molar-refractivity contribution in [1.29, 1.82) is 0 Å². The highest BCUT2D eigenvalue weighted by atomic mass is 16.1. The lowest BCUT2D eigenvalue weighted by molar-refractivity contribution is 1.19. The fourth-order valence-corrected chi connectivity index (χ4v) is 9.26. The van der Waals surface area contributed by atoms with Gasteiger partial charge in [-0.3, -0.25) is 9.20 Å². The minimum Gasteiger partial charge on any atom is -0.309 e. The van der Waals surface area contributed by atoms with Crippen LogP contribution in [0, 0.1) is 0 Å². The van der Waals surface area contributed by atoms with Gasteiger partial charge in [-0.25, -0.2) is 0 Å². The lowest BCUT2D eigenvalue weighted by Gasteiger charge is -2.18. The maximum atomic E-state index is 14.4. The number of aromatic nitrogens is 2. The van der Waals surface area contributed by atoms with Crippen LogP contribution in [0.15, 0.2) is 175 Å². The van der Waals surface area contributed by atoms with Gasteiger partial charge in [-0.2, -0.15) is 0 Å². The Bertz CT molecular complexity index is 3500. The van der Waals surface area contributed by atoms with Gasteiger partial charge in [-0.05, 0) is 85.2 Å². The van der Waals surface area contributed by atoms with E-state index in [0.29, 0.717) is 0 Å². The Hall–Kier alpha value is -6.97. The molecule has 0 aliphatic heterocycles. The van der Waals surface area contributed by atoms with Gasteiger partial charge in [0, 0.05) is 38.0 Å². The zero-order valence-electron chi connectivity index (χ0n) is 28.0. The summed E-state index contributed by atoms with van der Waals surface area (Å²) in [6.45, 7) is 0. The number of hydrogen-bond acceptors (Lipinski definition) is 1. The van der Waals surface area contributed by atoms with Crippen LogP contribution in [0.5, 0.6) is 0 Å². The van der Waals surface area contributed by atoms with Gasteiger partial charge in [0.15, 0.2) is 0 Å². The van der Waals surface area contributed by atoms with E-state index in [-0.39, 0.29) is 5.56 Å². The molecule has 3 heterocycles. The Morgan fingerprint density at radius 1 is 0.346 bits per heavy atom. The summed E-state index contributed by atoms with van der Waals surface area (Å²) in [5.74, 6) is 0. The molecule has 0 spiro atoms. The van der Waals surface area contributed by atoms with E-state index < -0.39 is 0 Å². The predicted octanol–water partition coefficient (Wildman–Crippen LogP) is 12.4. The Labute approximate surface area is 297 Å². The number of fused-ring (bicyclic) bond motifs is 14. The van der Waals surface area contributed by atoms with Crippen molar-refractivity contribution < 1.29 is 0 Å². The van der Waals surface area contributed by atoms with Gasteiger partial charge in [0.2, 0.25) is 0 Å². The molecule has 0 atom stereocenters. The summed E-state index contributed by atoms with van der Waals surface area (Å²) in [6, 6.07) is 60.8. The standard InChI is InChI=1S/C49H28N2O/c52-49-41-19-6-4-15-34(41)39-20-11-21-40-37-25-24-29(26-46(37)51(49)48(39)40)42-27-30(50-44-22-9-7-16-35(44)36-17-8-10-23-45(36)50)28-43-33-14-2-1-12-31(33)32-13-3-5-18-38(32)47(42)43/h1-28H. The third kappa shape index (κ3) is 3.52. The second-order valence-corrected chi connectivity index (χ2v) is 14.0. The first-order valence-electron chi connectivity index (χ1n) is 17.8. The Morgan fingerprint density at radius 2 is 0.827 bits per heavy atom. The predicted molar refractivity (Wildman–Crippen MR) is 220 cm³/mol. The van der Waals surface area contributed by atoms with E-state index in [4.69, 9.17) is 0 Å². The molecule has 52 heavy (non-hydrogen) atoms. The second kappa shape index (κ2) is 10.1. The summed E-state index contributed by atoms with van der Waals surface area (Å²) < 4.78 is 4.37. The summed E-state index contributed by atoms with van der Waals surface area (Å²) in [4.78, 5) is 14.4. The molecule has 0 N–H and O–H groups in total. The molecule has 12 rings (SSSR count). The maximum Gasteiger partial charge on any atom is 0.263 e. The lowest BCUT2D eigenvalue weighted by atomic mass is 9.88. The van der Waals surface area contributed by atoms with Crippen LogP contribution in [0.4, 0.5) is 0 Å². The van der Waals surface area contributed by atoms with Crippen LogP contribution in [0.2, 0.25) is 0 Å². The van der Waals surface area contributed by atoms with Crippen molar-refractivity contribution in [3.05, 3.63) is 180 Å². The quantitative estimate of drug-likeness (QED) is 0.170. The molecule has 0 amide bonds. The fourth-order valence-electron chi connectivity index (χ4n) is 9.26. The number of nitrogens with zero attached hydrogens (tertiary/aromatic N) is 2. The normalized spacial score (nSPS) is 12.3. The molecule has 9 aromatic carbocycles. The third-order valence-corrected chi connectivity index (χ3v) is 11.4. The number of benzene rings is 9. The molecule has 12 aromatic rings. The highest BCUT2D eigenvalue weighted by Crippen LogP contribution is 2.44.